The molecular weight excluding hydrogens is 242 g/mol. The predicted molar refractivity (Wildman–Crippen MR) is 76.0 cm³/mol. The number of fused-ring (bicyclic) bond motifs is 1. The van der Waals surface area contributed by atoms with Crippen LogP contribution in [0, 0.1) is 0 Å². The van der Waals surface area contributed by atoms with E-state index in [9.17, 15) is 0 Å². The van der Waals surface area contributed by atoms with Crippen LogP contribution >= 0.6 is 0 Å². The largest absolute Gasteiger partial charge is 0.486 e. The van der Waals surface area contributed by atoms with E-state index in [0.29, 0.717) is 18.9 Å². The van der Waals surface area contributed by atoms with Crippen molar-refractivity contribution < 1.29 is 9.47 Å². The number of anilines is 2. The minimum atomic E-state index is 0.591. The van der Waals surface area contributed by atoms with Gasteiger partial charge in [-0.1, -0.05) is 0 Å². The second kappa shape index (κ2) is 5.57. The Morgan fingerprint density at radius 1 is 1.11 bits per heavy atom. The molecule has 3 rings (SSSR count). The van der Waals surface area contributed by atoms with E-state index < -0.39 is 0 Å². The molecule has 0 saturated carbocycles. The zero-order chi connectivity index (χ0) is 13.1. The molecule has 5 nitrogen and oxygen atoms in total. The molecule has 0 aromatic heterocycles. The smallest absolute Gasteiger partial charge is 0.163 e. The summed E-state index contributed by atoms with van der Waals surface area (Å²) in [6.45, 7) is 5.60. The molecule has 1 aromatic rings. The number of likely N-dealkylation sites (tertiary alicyclic amines) is 1. The van der Waals surface area contributed by atoms with Crippen molar-refractivity contribution in [1.29, 1.82) is 0 Å². The van der Waals surface area contributed by atoms with Crippen LogP contribution in [0.5, 0.6) is 11.5 Å². The van der Waals surface area contributed by atoms with Crippen molar-refractivity contribution in [2.75, 3.05) is 50.4 Å². The molecule has 0 atom stereocenters. The second-order valence-corrected chi connectivity index (χ2v) is 5.06. The Hall–Kier alpha value is -1.62. The van der Waals surface area contributed by atoms with Gasteiger partial charge in [0.1, 0.15) is 13.2 Å². The van der Waals surface area contributed by atoms with Gasteiger partial charge in [-0.25, -0.2) is 0 Å². The number of ether oxygens (including phenoxy) is 2. The lowest BCUT2D eigenvalue weighted by Gasteiger charge is -2.21. The quantitative estimate of drug-likeness (QED) is 0.807. The van der Waals surface area contributed by atoms with Crippen molar-refractivity contribution in [3.05, 3.63) is 12.1 Å². The van der Waals surface area contributed by atoms with E-state index in [1.54, 1.807) is 0 Å². The lowest BCUT2D eigenvalue weighted by atomic mass is 10.2. The highest BCUT2D eigenvalue weighted by Gasteiger charge is 2.15. The molecule has 0 radical (unpaired) electrons. The van der Waals surface area contributed by atoms with Crippen LogP contribution in [0.3, 0.4) is 0 Å². The number of nitrogen functional groups attached to an aromatic ring is 1. The average Bonchev–Trinajstić information content (AvgIpc) is 2.92. The second-order valence-electron chi connectivity index (χ2n) is 5.06. The van der Waals surface area contributed by atoms with E-state index in [-0.39, 0.29) is 0 Å². The van der Waals surface area contributed by atoms with E-state index in [2.05, 4.69) is 10.2 Å². The van der Waals surface area contributed by atoms with Crippen molar-refractivity contribution in [2.24, 2.45) is 0 Å². The predicted octanol–water partition coefficient (Wildman–Crippen LogP) is 1.55. The summed E-state index contributed by atoms with van der Waals surface area (Å²) in [4.78, 5) is 2.47. The van der Waals surface area contributed by atoms with E-state index in [0.717, 1.165) is 30.3 Å². The van der Waals surface area contributed by atoms with Crippen LogP contribution < -0.4 is 20.5 Å². The fourth-order valence-electron chi connectivity index (χ4n) is 2.61. The maximum absolute atomic E-state index is 6.03. The molecule has 3 N–H and O–H groups in total. The van der Waals surface area contributed by atoms with Crippen LogP contribution in [-0.2, 0) is 0 Å². The first-order valence-electron chi connectivity index (χ1n) is 6.98. The first-order valence-corrected chi connectivity index (χ1v) is 6.98. The molecule has 1 fully saturated rings. The highest BCUT2D eigenvalue weighted by Crippen LogP contribution is 2.36. The monoisotopic (exact) mass is 263 g/mol. The van der Waals surface area contributed by atoms with Crippen LogP contribution in [-0.4, -0.2) is 44.3 Å². The zero-order valence-corrected chi connectivity index (χ0v) is 11.2. The maximum Gasteiger partial charge on any atom is 0.163 e. The Balaban J connectivity index is 1.60. The lowest BCUT2D eigenvalue weighted by molar-refractivity contribution is 0.172. The van der Waals surface area contributed by atoms with E-state index in [1.165, 1.54) is 25.9 Å². The van der Waals surface area contributed by atoms with E-state index in [4.69, 9.17) is 15.2 Å². The number of benzene rings is 1. The summed E-state index contributed by atoms with van der Waals surface area (Å²) in [6.07, 6.45) is 2.65. The molecule has 104 valence electrons. The Labute approximate surface area is 113 Å². The summed E-state index contributed by atoms with van der Waals surface area (Å²) in [5.41, 5.74) is 7.67. The van der Waals surface area contributed by atoms with Gasteiger partial charge in [-0.05, 0) is 25.9 Å². The lowest BCUT2D eigenvalue weighted by Crippen LogP contribution is -2.26. The fourth-order valence-corrected chi connectivity index (χ4v) is 2.61. The van der Waals surface area contributed by atoms with Crippen LogP contribution in [0.4, 0.5) is 11.4 Å². The number of nitrogens with one attached hydrogen (secondary N) is 1. The number of nitrogens with two attached hydrogens (primary N) is 1. The molecule has 0 spiro atoms. The molecule has 0 amide bonds. The van der Waals surface area contributed by atoms with Crippen LogP contribution in [0.1, 0.15) is 12.8 Å². The summed E-state index contributed by atoms with van der Waals surface area (Å²) in [6, 6.07) is 3.78. The third-order valence-corrected chi connectivity index (χ3v) is 3.66. The number of hydrogen-bond acceptors (Lipinski definition) is 5. The van der Waals surface area contributed by atoms with Gasteiger partial charge in [0.2, 0.25) is 0 Å². The average molecular weight is 263 g/mol. The van der Waals surface area contributed by atoms with Crippen molar-refractivity contribution in [1.82, 2.24) is 4.90 Å². The van der Waals surface area contributed by atoms with E-state index >= 15 is 0 Å². The Kier molecular flexibility index (Phi) is 3.64. The Morgan fingerprint density at radius 3 is 2.53 bits per heavy atom. The summed E-state index contributed by atoms with van der Waals surface area (Å²) >= 11 is 0. The molecule has 0 bridgehead atoms. The van der Waals surface area contributed by atoms with Gasteiger partial charge in [-0.15, -0.1) is 0 Å². The van der Waals surface area contributed by atoms with Crippen molar-refractivity contribution in [3.8, 4) is 11.5 Å². The van der Waals surface area contributed by atoms with Crippen molar-refractivity contribution in [2.45, 2.75) is 12.8 Å². The summed E-state index contributed by atoms with van der Waals surface area (Å²) in [5, 5.41) is 3.39. The molecule has 2 aliphatic rings. The highest BCUT2D eigenvalue weighted by atomic mass is 16.6. The summed E-state index contributed by atoms with van der Waals surface area (Å²) in [7, 11) is 0. The maximum atomic E-state index is 6.03. The molecule has 1 saturated heterocycles. The standard InChI is InChI=1S/C14H21N3O2/c15-11-9-13-14(19-8-7-18-13)10-12(11)16-3-6-17-4-1-2-5-17/h9-10,16H,1-8,15H2. The number of nitrogens with zero attached hydrogens (tertiary/aromatic N) is 1. The third kappa shape index (κ3) is 2.87. The SMILES string of the molecule is Nc1cc2c(cc1NCCN1CCCC1)OCCO2. The van der Waals surface area contributed by atoms with Crippen LogP contribution in [0.25, 0.3) is 0 Å². The molecule has 0 unspecified atom stereocenters. The van der Waals surface area contributed by atoms with Gasteiger partial charge in [0, 0.05) is 25.2 Å². The molecule has 2 aliphatic heterocycles. The van der Waals surface area contributed by atoms with Crippen molar-refractivity contribution in [3.63, 3.8) is 0 Å². The number of rotatable bonds is 4. The van der Waals surface area contributed by atoms with Crippen molar-refractivity contribution >= 4 is 11.4 Å². The fraction of sp³-hybridized carbons (Fsp3) is 0.571. The molecular formula is C14H21N3O2. The first kappa shape index (κ1) is 12.4. The Morgan fingerprint density at radius 2 is 1.79 bits per heavy atom. The van der Waals surface area contributed by atoms with Gasteiger partial charge in [-0.3, -0.25) is 0 Å². The van der Waals surface area contributed by atoms with E-state index in [1.807, 2.05) is 12.1 Å². The van der Waals surface area contributed by atoms with Gasteiger partial charge < -0.3 is 25.4 Å². The van der Waals surface area contributed by atoms with Gasteiger partial charge >= 0.3 is 0 Å². The molecule has 2 heterocycles. The molecule has 19 heavy (non-hydrogen) atoms. The highest BCUT2D eigenvalue weighted by molar-refractivity contribution is 5.72. The first-order chi connectivity index (χ1) is 9.33. The summed E-state index contributed by atoms with van der Waals surface area (Å²) < 4.78 is 11.1. The zero-order valence-electron chi connectivity index (χ0n) is 11.2. The number of hydrogen-bond donors (Lipinski definition) is 2. The topological polar surface area (TPSA) is 59.8 Å². The van der Waals surface area contributed by atoms with Crippen LogP contribution in [0.15, 0.2) is 12.1 Å². The molecule has 1 aromatic carbocycles. The normalized spacial score (nSPS) is 18.5. The minimum absolute atomic E-state index is 0.591. The van der Waals surface area contributed by atoms with Gasteiger partial charge in [0.05, 0.1) is 11.4 Å². The Bertz CT molecular complexity index is 445. The minimum Gasteiger partial charge on any atom is -0.486 e. The van der Waals surface area contributed by atoms with Gasteiger partial charge in [-0.2, -0.15) is 0 Å². The molecule has 0 aliphatic carbocycles. The third-order valence-electron chi connectivity index (χ3n) is 3.66. The summed E-state index contributed by atoms with van der Waals surface area (Å²) in [5.74, 6) is 1.53. The van der Waals surface area contributed by atoms with Crippen LogP contribution in [0.2, 0.25) is 0 Å². The molecule has 5 heteroatoms. The van der Waals surface area contributed by atoms with Gasteiger partial charge in [0.25, 0.3) is 0 Å². The van der Waals surface area contributed by atoms with Gasteiger partial charge in [0.15, 0.2) is 11.5 Å².